The van der Waals surface area contributed by atoms with Gasteiger partial charge in [0.15, 0.2) is 6.10 Å². The van der Waals surface area contributed by atoms with Gasteiger partial charge in [-0.05, 0) is 44.9 Å². The molecule has 0 fully saturated rings. The van der Waals surface area contributed by atoms with Crippen LogP contribution in [0, 0.1) is 0 Å². The molecule has 6 heteroatoms. The van der Waals surface area contributed by atoms with Crippen LogP contribution in [0.25, 0.3) is 0 Å². The van der Waals surface area contributed by atoms with Gasteiger partial charge in [0.1, 0.15) is 13.2 Å². The van der Waals surface area contributed by atoms with E-state index in [2.05, 4.69) is 32.9 Å². The largest absolute Gasteiger partial charge is 0.462 e. The molecule has 0 aromatic heterocycles. The Morgan fingerprint density at radius 3 is 0.769 bits per heavy atom. The fraction of sp³-hybridized carbons (Fsp3) is 0.915. The van der Waals surface area contributed by atoms with Crippen LogP contribution in [0.4, 0.5) is 0 Å². The van der Waals surface area contributed by atoms with E-state index in [1.807, 2.05) is 0 Å². The Morgan fingerprint density at radius 1 is 0.292 bits per heavy atom. The Hall–Kier alpha value is -1.85. The van der Waals surface area contributed by atoms with Crippen molar-refractivity contribution in [2.45, 2.75) is 335 Å². The van der Waals surface area contributed by atoms with Gasteiger partial charge in [0.25, 0.3) is 0 Å². The molecule has 0 bridgehead atoms. The number of carbonyl (C=O) groups excluding carboxylic acids is 3. The highest BCUT2D eigenvalue weighted by Crippen LogP contribution is 2.17. The summed E-state index contributed by atoms with van der Waals surface area (Å²) in [6.07, 6.45) is 62.0. The van der Waals surface area contributed by atoms with Gasteiger partial charge in [-0.2, -0.15) is 0 Å². The molecule has 65 heavy (non-hydrogen) atoms. The summed E-state index contributed by atoms with van der Waals surface area (Å²) in [6.45, 7) is 6.69. The standard InChI is InChI=1S/C59H112O6/c1-4-7-10-13-16-19-22-25-28-29-30-31-32-35-37-40-43-46-49-52-58(61)64-55-56(65-59(62)53-50-47-44-41-38-34-27-24-21-18-15-12-9-6-3)54-63-57(60)51-48-45-42-39-36-33-26-23-20-17-14-11-8-5-2/h29-30,56H,4-28,31-55H2,1-3H3/b30-29-/t56-/m1/s1. The molecule has 0 aliphatic carbocycles. The van der Waals surface area contributed by atoms with Crippen molar-refractivity contribution >= 4 is 17.9 Å². The number of hydrogen-bond acceptors (Lipinski definition) is 6. The van der Waals surface area contributed by atoms with Crippen molar-refractivity contribution in [3.63, 3.8) is 0 Å². The highest BCUT2D eigenvalue weighted by atomic mass is 16.6. The maximum Gasteiger partial charge on any atom is 0.306 e. The molecular formula is C59H112O6. The van der Waals surface area contributed by atoms with Crippen LogP contribution in [0.5, 0.6) is 0 Å². The molecule has 0 saturated heterocycles. The van der Waals surface area contributed by atoms with Gasteiger partial charge < -0.3 is 14.2 Å². The molecule has 0 aromatic rings. The second kappa shape index (κ2) is 54.8. The summed E-state index contributed by atoms with van der Waals surface area (Å²) in [4.78, 5) is 38.1. The van der Waals surface area contributed by atoms with E-state index in [0.717, 1.165) is 57.8 Å². The van der Waals surface area contributed by atoms with E-state index < -0.39 is 6.10 Å². The van der Waals surface area contributed by atoms with E-state index in [4.69, 9.17) is 14.2 Å². The maximum atomic E-state index is 12.8. The molecule has 0 rings (SSSR count). The van der Waals surface area contributed by atoms with Gasteiger partial charge in [-0.25, -0.2) is 0 Å². The fourth-order valence-electron chi connectivity index (χ4n) is 8.85. The molecule has 384 valence electrons. The normalized spacial score (nSPS) is 12.0. The predicted molar refractivity (Wildman–Crippen MR) is 280 cm³/mol. The molecule has 0 amide bonds. The summed E-state index contributed by atoms with van der Waals surface area (Å²) in [5, 5.41) is 0. The molecule has 0 aromatic carbocycles. The van der Waals surface area contributed by atoms with Gasteiger partial charge in [0.2, 0.25) is 0 Å². The topological polar surface area (TPSA) is 78.9 Å². The number of rotatable bonds is 54. The van der Waals surface area contributed by atoms with E-state index in [1.54, 1.807) is 0 Å². The molecule has 0 radical (unpaired) electrons. The highest BCUT2D eigenvalue weighted by molar-refractivity contribution is 5.71. The number of allylic oxidation sites excluding steroid dienone is 2. The SMILES string of the molecule is CCCCCCCCCC/C=C\CCCCCCCCCC(=O)OC[C@@H](COC(=O)CCCCCCCCCCCCCCCC)OC(=O)CCCCCCCCCCCCCCCC. The van der Waals surface area contributed by atoms with Gasteiger partial charge >= 0.3 is 17.9 Å². The van der Waals surface area contributed by atoms with Crippen LogP contribution in [0.1, 0.15) is 329 Å². The summed E-state index contributed by atoms with van der Waals surface area (Å²) in [6, 6.07) is 0. The Bertz CT molecular complexity index is 1010. The first-order valence-electron chi connectivity index (χ1n) is 29.2. The average Bonchev–Trinajstić information content (AvgIpc) is 3.30. The van der Waals surface area contributed by atoms with Crippen molar-refractivity contribution in [3.8, 4) is 0 Å². The van der Waals surface area contributed by atoms with Gasteiger partial charge in [-0.15, -0.1) is 0 Å². The minimum Gasteiger partial charge on any atom is -0.462 e. The van der Waals surface area contributed by atoms with E-state index in [0.29, 0.717) is 19.3 Å². The third-order valence-electron chi connectivity index (χ3n) is 13.3. The molecule has 0 spiro atoms. The lowest BCUT2D eigenvalue weighted by atomic mass is 10.0. The number of esters is 3. The van der Waals surface area contributed by atoms with Crippen LogP contribution >= 0.6 is 0 Å². The first-order valence-corrected chi connectivity index (χ1v) is 29.2. The maximum absolute atomic E-state index is 12.8. The third-order valence-corrected chi connectivity index (χ3v) is 13.3. The summed E-state index contributed by atoms with van der Waals surface area (Å²) in [5.41, 5.74) is 0. The fourth-order valence-corrected chi connectivity index (χ4v) is 8.85. The number of ether oxygens (including phenoxy) is 3. The summed E-state index contributed by atoms with van der Waals surface area (Å²) in [7, 11) is 0. The van der Waals surface area contributed by atoms with Crippen molar-refractivity contribution in [2.75, 3.05) is 13.2 Å². The van der Waals surface area contributed by atoms with Crippen molar-refractivity contribution in [3.05, 3.63) is 12.2 Å². The summed E-state index contributed by atoms with van der Waals surface area (Å²) in [5.74, 6) is -0.845. The minimum atomic E-state index is -0.765. The Kier molecular flexibility index (Phi) is 53.2. The Balaban J connectivity index is 4.29. The van der Waals surface area contributed by atoms with Crippen molar-refractivity contribution in [1.29, 1.82) is 0 Å². The number of unbranched alkanes of at least 4 members (excludes halogenated alkanes) is 41. The molecule has 6 nitrogen and oxygen atoms in total. The molecule has 0 aliphatic rings. The zero-order valence-corrected chi connectivity index (χ0v) is 44.0. The molecule has 0 unspecified atom stereocenters. The second-order valence-corrected chi connectivity index (χ2v) is 19.9. The Labute approximate surface area is 405 Å². The Morgan fingerprint density at radius 2 is 0.508 bits per heavy atom. The number of hydrogen-bond donors (Lipinski definition) is 0. The van der Waals surface area contributed by atoms with Gasteiger partial charge in [-0.3, -0.25) is 14.4 Å². The van der Waals surface area contributed by atoms with Gasteiger partial charge in [0, 0.05) is 19.3 Å². The van der Waals surface area contributed by atoms with Crippen LogP contribution < -0.4 is 0 Å². The van der Waals surface area contributed by atoms with Crippen LogP contribution in [0.3, 0.4) is 0 Å². The lowest BCUT2D eigenvalue weighted by Gasteiger charge is -2.18. The lowest BCUT2D eigenvalue weighted by molar-refractivity contribution is -0.167. The van der Waals surface area contributed by atoms with E-state index in [1.165, 1.54) is 231 Å². The molecule has 1 atom stereocenters. The van der Waals surface area contributed by atoms with E-state index >= 15 is 0 Å². The van der Waals surface area contributed by atoms with Crippen molar-refractivity contribution in [1.82, 2.24) is 0 Å². The van der Waals surface area contributed by atoms with E-state index in [9.17, 15) is 14.4 Å². The zero-order valence-electron chi connectivity index (χ0n) is 44.0. The third kappa shape index (κ3) is 53.0. The monoisotopic (exact) mass is 917 g/mol. The van der Waals surface area contributed by atoms with Crippen LogP contribution in [0.15, 0.2) is 12.2 Å². The van der Waals surface area contributed by atoms with Crippen LogP contribution in [-0.4, -0.2) is 37.2 Å². The van der Waals surface area contributed by atoms with Crippen LogP contribution in [0.2, 0.25) is 0 Å². The zero-order chi connectivity index (χ0) is 47.2. The molecular weight excluding hydrogens is 805 g/mol. The van der Waals surface area contributed by atoms with Crippen molar-refractivity contribution < 1.29 is 28.6 Å². The minimum absolute atomic E-state index is 0.0652. The van der Waals surface area contributed by atoms with Crippen molar-refractivity contribution in [2.24, 2.45) is 0 Å². The van der Waals surface area contributed by atoms with Gasteiger partial charge in [-0.1, -0.05) is 277 Å². The highest BCUT2D eigenvalue weighted by Gasteiger charge is 2.19. The smallest absolute Gasteiger partial charge is 0.306 e. The quantitative estimate of drug-likeness (QED) is 0.0262. The predicted octanol–water partition coefficient (Wildman–Crippen LogP) is 19.3. The lowest BCUT2D eigenvalue weighted by Crippen LogP contribution is -2.30. The van der Waals surface area contributed by atoms with Crippen LogP contribution in [-0.2, 0) is 28.6 Å². The summed E-state index contributed by atoms with van der Waals surface area (Å²) >= 11 is 0. The molecule has 0 N–H and O–H groups in total. The first-order chi connectivity index (χ1) is 32.0. The first kappa shape index (κ1) is 63.1. The molecule has 0 heterocycles. The number of carbonyl (C=O) groups is 3. The molecule has 0 aliphatic heterocycles. The summed E-state index contributed by atoms with van der Waals surface area (Å²) < 4.78 is 16.9. The van der Waals surface area contributed by atoms with Gasteiger partial charge in [0.05, 0.1) is 0 Å². The average molecular weight is 918 g/mol. The second-order valence-electron chi connectivity index (χ2n) is 19.9. The van der Waals surface area contributed by atoms with E-state index in [-0.39, 0.29) is 31.1 Å². The molecule has 0 saturated carbocycles.